The number of rotatable bonds is 8. The van der Waals surface area contributed by atoms with Gasteiger partial charge in [-0.3, -0.25) is 9.69 Å². The number of halogens is 1. The molecule has 1 amide bonds. The summed E-state index contributed by atoms with van der Waals surface area (Å²) in [4.78, 5) is 17.4. The first kappa shape index (κ1) is 24.1. The van der Waals surface area contributed by atoms with E-state index in [-0.39, 0.29) is 12.0 Å². The highest BCUT2D eigenvalue weighted by Gasteiger charge is 2.29. The minimum atomic E-state index is -0.0749. The Labute approximate surface area is 202 Å². The van der Waals surface area contributed by atoms with E-state index in [0.717, 1.165) is 67.5 Å². The maximum Gasteiger partial charge on any atom is 0.225 e. The smallest absolute Gasteiger partial charge is 0.225 e. The lowest BCUT2D eigenvalue weighted by Gasteiger charge is -2.38. The van der Waals surface area contributed by atoms with Crippen LogP contribution in [0.4, 0.5) is 0 Å². The van der Waals surface area contributed by atoms with Crippen molar-refractivity contribution >= 4 is 17.5 Å². The molecule has 33 heavy (non-hydrogen) atoms. The number of carbonyl (C=O) groups excluding carboxylic acids is 1. The Balaban J connectivity index is 1.36. The summed E-state index contributed by atoms with van der Waals surface area (Å²) >= 11 is 6.12. The zero-order chi connectivity index (χ0) is 23.0. The maximum atomic E-state index is 12.9. The van der Waals surface area contributed by atoms with Crippen LogP contribution in [0.25, 0.3) is 0 Å². The number of benzene rings is 2. The minimum absolute atomic E-state index is 0.0749. The molecule has 6 heteroatoms. The first-order valence-corrected chi connectivity index (χ1v) is 12.5. The van der Waals surface area contributed by atoms with Crippen LogP contribution in [-0.4, -0.2) is 55.5 Å². The molecule has 1 atom stereocenters. The van der Waals surface area contributed by atoms with Gasteiger partial charge >= 0.3 is 0 Å². The van der Waals surface area contributed by atoms with Gasteiger partial charge in [0, 0.05) is 43.7 Å². The summed E-state index contributed by atoms with van der Waals surface area (Å²) in [6.07, 6.45) is 5.73. The predicted octanol–water partition coefficient (Wildman–Crippen LogP) is 5.33. The van der Waals surface area contributed by atoms with E-state index in [0.29, 0.717) is 12.5 Å². The molecule has 2 aromatic carbocycles. The highest BCUT2D eigenvalue weighted by molar-refractivity contribution is 6.30. The molecule has 1 aliphatic carbocycles. The van der Waals surface area contributed by atoms with Crippen molar-refractivity contribution in [1.29, 1.82) is 0 Å². The van der Waals surface area contributed by atoms with Crippen molar-refractivity contribution < 1.29 is 14.3 Å². The Hall–Kier alpha value is -2.08. The van der Waals surface area contributed by atoms with Crippen LogP contribution in [-0.2, 0) is 16.1 Å². The van der Waals surface area contributed by atoms with Crippen molar-refractivity contribution in [1.82, 2.24) is 9.80 Å². The fourth-order valence-electron chi connectivity index (χ4n) is 4.88. The highest BCUT2D eigenvalue weighted by Crippen LogP contribution is 2.27. The van der Waals surface area contributed by atoms with Crippen LogP contribution in [0, 0.1) is 5.92 Å². The molecule has 2 aromatic rings. The van der Waals surface area contributed by atoms with Crippen molar-refractivity contribution in [2.45, 2.75) is 44.8 Å². The summed E-state index contributed by atoms with van der Waals surface area (Å²) in [6.45, 7) is 4.66. The van der Waals surface area contributed by atoms with Crippen LogP contribution < -0.4 is 4.74 Å². The monoisotopic (exact) mass is 470 g/mol. The number of ether oxygens (including phenoxy) is 2. The Bertz CT molecular complexity index is 890. The van der Waals surface area contributed by atoms with Gasteiger partial charge in [-0.2, -0.15) is 0 Å². The summed E-state index contributed by atoms with van der Waals surface area (Å²) in [7, 11) is 1.68. The lowest BCUT2D eigenvalue weighted by atomic mass is 9.88. The molecule has 1 aliphatic heterocycles. The Morgan fingerprint density at radius 1 is 1.03 bits per heavy atom. The molecule has 4 rings (SSSR count). The van der Waals surface area contributed by atoms with Gasteiger partial charge in [0.1, 0.15) is 5.75 Å². The van der Waals surface area contributed by atoms with Crippen LogP contribution in [0.2, 0.25) is 5.02 Å². The van der Waals surface area contributed by atoms with Crippen molar-refractivity contribution in [3.63, 3.8) is 0 Å². The Kier molecular flexibility index (Phi) is 8.65. The average Bonchev–Trinajstić information content (AvgIpc) is 2.87. The van der Waals surface area contributed by atoms with Gasteiger partial charge in [0.2, 0.25) is 5.91 Å². The quantitative estimate of drug-likeness (QED) is 0.522. The van der Waals surface area contributed by atoms with E-state index in [1.54, 1.807) is 7.11 Å². The largest absolute Gasteiger partial charge is 0.497 e. The predicted molar refractivity (Wildman–Crippen MR) is 132 cm³/mol. The van der Waals surface area contributed by atoms with Crippen LogP contribution in [0.15, 0.2) is 48.5 Å². The van der Waals surface area contributed by atoms with E-state index in [4.69, 9.17) is 21.1 Å². The molecule has 0 spiro atoms. The van der Waals surface area contributed by atoms with Gasteiger partial charge in [0.05, 0.1) is 19.8 Å². The van der Waals surface area contributed by atoms with Gasteiger partial charge in [-0.1, -0.05) is 55.1 Å². The number of nitrogens with zero attached hydrogens (tertiary/aromatic N) is 2. The molecule has 5 nitrogen and oxygen atoms in total. The lowest BCUT2D eigenvalue weighted by molar-refractivity contribution is -0.138. The summed E-state index contributed by atoms with van der Waals surface area (Å²) in [6, 6.07) is 15.9. The normalized spacial score (nSPS) is 18.8. The molecule has 0 aromatic heterocycles. The van der Waals surface area contributed by atoms with Gasteiger partial charge in [-0.15, -0.1) is 0 Å². The molecule has 0 bridgehead atoms. The molecule has 2 fully saturated rings. The van der Waals surface area contributed by atoms with Gasteiger partial charge in [0.25, 0.3) is 0 Å². The maximum absolute atomic E-state index is 12.9. The molecule has 1 saturated carbocycles. The third-order valence-electron chi connectivity index (χ3n) is 6.89. The van der Waals surface area contributed by atoms with Crippen molar-refractivity contribution in [2.24, 2.45) is 5.92 Å². The molecule has 1 unspecified atom stereocenters. The number of carbonyl (C=O) groups is 1. The Morgan fingerprint density at radius 3 is 2.45 bits per heavy atom. The second-order valence-corrected chi connectivity index (χ2v) is 9.60. The molecule has 0 N–H and O–H groups in total. The molecule has 2 aliphatic rings. The summed E-state index contributed by atoms with van der Waals surface area (Å²) < 4.78 is 11.7. The van der Waals surface area contributed by atoms with Gasteiger partial charge in [0.15, 0.2) is 0 Å². The molecule has 1 saturated heterocycles. The van der Waals surface area contributed by atoms with Gasteiger partial charge in [-0.05, 0) is 48.2 Å². The van der Waals surface area contributed by atoms with E-state index in [1.165, 1.54) is 19.3 Å². The Morgan fingerprint density at radius 2 is 1.76 bits per heavy atom. The van der Waals surface area contributed by atoms with Crippen molar-refractivity contribution in [3.05, 3.63) is 64.7 Å². The topological polar surface area (TPSA) is 42.0 Å². The number of hydrogen-bond donors (Lipinski definition) is 0. The third kappa shape index (κ3) is 6.72. The number of hydrogen-bond acceptors (Lipinski definition) is 4. The standard InChI is InChI=1S/C27H35ClN2O3/c1-32-25-9-5-6-21(18-25)20-33-26(22-10-12-24(28)13-11-22)19-29-14-16-30(17-15-29)27(31)23-7-3-2-4-8-23/h5-6,9-13,18,23,26H,2-4,7-8,14-17,19-20H2,1H3. The molecule has 178 valence electrons. The highest BCUT2D eigenvalue weighted by atomic mass is 35.5. The van der Waals surface area contributed by atoms with E-state index >= 15 is 0 Å². The van der Waals surface area contributed by atoms with E-state index in [1.807, 2.05) is 42.5 Å². The van der Waals surface area contributed by atoms with Crippen LogP contribution in [0.1, 0.15) is 49.3 Å². The van der Waals surface area contributed by atoms with Crippen molar-refractivity contribution in [3.8, 4) is 5.75 Å². The van der Waals surface area contributed by atoms with Crippen LogP contribution in [0.3, 0.4) is 0 Å². The molecule has 0 radical (unpaired) electrons. The zero-order valence-electron chi connectivity index (χ0n) is 19.5. The third-order valence-corrected chi connectivity index (χ3v) is 7.14. The zero-order valence-corrected chi connectivity index (χ0v) is 20.3. The van der Waals surface area contributed by atoms with Gasteiger partial charge < -0.3 is 14.4 Å². The second-order valence-electron chi connectivity index (χ2n) is 9.16. The summed E-state index contributed by atoms with van der Waals surface area (Å²) in [5, 5.41) is 0.722. The summed E-state index contributed by atoms with van der Waals surface area (Å²) in [5.41, 5.74) is 2.19. The second kappa shape index (κ2) is 11.9. The van der Waals surface area contributed by atoms with E-state index in [9.17, 15) is 4.79 Å². The number of methoxy groups -OCH3 is 1. The fraction of sp³-hybridized carbons (Fsp3) is 0.519. The minimum Gasteiger partial charge on any atom is -0.497 e. The fourth-order valence-corrected chi connectivity index (χ4v) is 5.01. The molecular weight excluding hydrogens is 436 g/mol. The van der Waals surface area contributed by atoms with E-state index in [2.05, 4.69) is 15.9 Å². The molecular formula is C27H35ClN2O3. The number of amides is 1. The molecule has 1 heterocycles. The van der Waals surface area contributed by atoms with Crippen LogP contribution >= 0.6 is 11.6 Å². The first-order chi connectivity index (χ1) is 16.1. The SMILES string of the molecule is COc1cccc(COC(CN2CCN(C(=O)C3CCCCC3)CC2)c2ccc(Cl)cc2)c1. The lowest BCUT2D eigenvalue weighted by Crippen LogP contribution is -2.51. The van der Waals surface area contributed by atoms with Gasteiger partial charge in [-0.25, -0.2) is 0 Å². The number of piperazine rings is 1. The van der Waals surface area contributed by atoms with Crippen molar-refractivity contribution in [2.75, 3.05) is 39.8 Å². The van der Waals surface area contributed by atoms with E-state index < -0.39 is 0 Å². The average molecular weight is 471 g/mol. The summed E-state index contributed by atoms with van der Waals surface area (Å²) in [5.74, 6) is 1.45. The van der Waals surface area contributed by atoms with Crippen LogP contribution in [0.5, 0.6) is 5.75 Å². The first-order valence-electron chi connectivity index (χ1n) is 12.1.